The molecule has 11 heteroatoms. The number of unbranched alkanes of at least 4 members (excludes halogenated alkanes) is 1. The van der Waals surface area contributed by atoms with Gasteiger partial charge < -0.3 is 19.5 Å². The van der Waals surface area contributed by atoms with Crippen LogP contribution in [-0.4, -0.2) is 47.7 Å². The van der Waals surface area contributed by atoms with Gasteiger partial charge in [0.2, 0.25) is 5.91 Å². The smallest absolute Gasteiger partial charge is 0.339 e. The largest absolute Gasteiger partial charge is 0.490 e. The van der Waals surface area contributed by atoms with Crippen LogP contribution in [-0.2, 0) is 20.9 Å². The van der Waals surface area contributed by atoms with E-state index in [-0.39, 0.29) is 27.8 Å². The van der Waals surface area contributed by atoms with E-state index in [0.29, 0.717) is 36.7 Å². The second-order valence-electron chi connectivity index (χ2n) is 10.6. The Morgan fingerprint density at radius 1 is 0.915 bits per heavy atom. The third kappa shape index (κ3) is 8.52. The van der Waals surface area contributed by atoms with E-state index in [9.17, 15) is 19.2 Å². The molecule has 0 atom stereocenters. The topological polar surface area (TPSA) is 111 Å². The molecular formula is C36H33ClN2O7S. The van der Waals surface area contributed by atoms with Crippen LogP contribution in [0.5, 0.6) is 11.5 Å². The van der Waals surface area contributed by atoms with E-state index in [1.165, 1.54) is 18.2 Å². The van der Waals surface area contributed by atoms with Crippen molar-refractivity contribution in [2.75, 3.05) is 25.1 Å². The summed E-state index contributed by atoms with van der Waals surface area (Å²) in [5, 5.41) is 4.49. The van der Waals surface area contributed by atoms with Gasteiger partial charge in [-0.2, -0.15) is 0 Å². The molecule has 1 aliphatic rings. The number of amides is 3. The number of ether oxygens (including phenoxy) is 3. The minimum absolute atomic E-state index is 0.103. The summed E-state index contributed by atoms with van der Waals surface area (Å²) in [7, 11) is 0. The highest BCUT2D eigenvalue weighted by molar-refractivity contribution is 8.18. The molecule has 1 heterocycles. The van der Waals surface area contributed by atoms with E-state index < -0.39 is 29.6 Å². The summed E-state index contributed by atoms with van der Waals surface area (Å²) < 4.78 is 17.1. The van der Waals surface area contributed by atoms with Crippen molar-refractivity contribution in [1.82, 2.24) is 4.90 Å². The molecule has 9 nitrogen and oxygen atoms in total. The highest BCUT2D eigenvalue weighted by Crippen LogP contribution is 2.35. The number of benzene rings is 4. The predicted molar refractivity (Wildman–Crippen MR) is 184 cm³/mol. The van der Waals surface area contributed by atoms with Crippen molar-refractivity contribution in [3.8, 4) is 11.5 Å². The van der Waals surface area contributed by atoms with Gasteiger partial charge in [0.15, 0.2) is 11.5 Å². The van der Waals surface area contributed by atoms with Crippen LogP contribution in [0.4, 0.5) is 10.5 Å². The monoisotopic (exact) mass is 672 g/mol. The number of hydrogen-bond donors (Lipinski definition) is 1. The van der Waals surface area contributed by atoms with E-state index in [2.05, 4.69) is 29.6 Å². The maximum atomic E-state index is 13.2. The number of esters is 1. The summed E-state index contributed by atoms with van der Waals surface area (Å²) in [5.74, 6) is -0.778. The normalized spacial score (nSPS) is 13.7. The molecule has 1 saturated heterocycles. The van der Waals surface area contributed by atoms with Crippen molar-refractivity contribution in [3.63, 3.8) is 0 Å². The van der Waals surface area contributed by atoms with Crippen molar-refractivity contribution in [3.05, 3.63) is 105 Å². The van der Waals surface area contributed by atoms with Crippen molar-refractivity contribution in [1.29, 1.82) is 0 Å². The summed E-state index contributed by atoms with van der Waals surface area (Å²) in [6, 6.07) is 23.9. The van der Waals surface area contributed by atoms with Gasteiger partial charge >= 0.3 is 5.97 Å². The maximum Gasteiger partial charge on any atom is 0.339 e. The van der Waals surface area contributed by atoms with E-state index >= 15 is 0 Å². The Balaban J connectivity index is 1.23. The van der Waals surface area contributed by atoms with Crippen LogP contribution in [0, 0.1) is 0 Å². The highest BCUT2D eigenvalue weighted by Gasteiger charge is 2.36. The van der Waals surface area contributed by atoms with Gasteiger partial charge in [-0.3, -0.25) is 19.3 Å². The predicted octanol–water partition coefficient (Wildman–Crippen LogP) is 8.10. The van der Waals surface area contributed by atoms with Crippen LogP contribution in [0.2, 0.25) is 5.02 Å². The third-order valence-electron chi connectivity index (χ3n) is 7.15. The lowest BCUT2D eigenvalue weighted by molar-refractivity contribution is -0.127. The molecule has 1 aliphatic heterocycles. The Kier molecular flexibility index (Phi) is 11.2. The number of fused-ring (bicyclic) bond motifs is 1. The van der Waals surface area contributed by atoms with Gasteiger partial charge in [-0.25, -0.2) is 4.79 Å². The second-order valence-corrected chi connectivity index (χ2v) is 12.0. The Morgan fingerprint density at radius 2 is 1.72 bits per heavy atom. The molecule has 0 spiro atoms. The van der Waals surface area contributed by atoms with Gasteiger partial charge in [-0.1, -0.05) is 67.4 Å². The lowest BCUT2D eigenvalue weighted by Gasteiger charge is -2.14. The highest BCUT2D eigenvalue weighted by atomic mass is 35.5. The fourth-order valence-electron chi connectivity index (χ4n) is 4.77. The number of halogens is 1. The number of rotatable bonds is 13. The Labute approximate surface area is 281 Å². The number of imide groups is 1. The zero-order chi connectivity index (χ0) is 33.3. The molecule has 3 amide bonds. The Bertz CT molecular complexity index is 1860. The van der Waals surface area contributed by atoms with Gasteiger partial charge in [0, 0.05) is 5.69 Å². The second kappa shape index (κ2) is 15.7. The standard InChI is InChI=1S/C36H33ClN2O7S/c1-3-5-16-45-35(42)28-20-27(13-14-29(28)37)38-33(40)21-39-34(41)32(47-36(39)43)19-23-11-15-30(31(18-23)44-4-2)46-22-24-10-12-25-8-6-7-9-26(25)17-24/h6-15,17-20H,3-5,16,21-22H2,1-2H3,(H,38,40)/b32-19+. The molecule has 0 aliphatic carbocycles. The fourth-order valence-corrected chi connectivity index (χ4v) is 5.80. The molecule has 1 N–H and O–H groups in total. The van der Waals surface area contributed by atoms with Crippen LogP contribution in [0.3, 0.4) is 0 Å². The molecule has 0 unspecified atom stereocenters. The van der Waals surface area contributed by atoms with Gasteiger partial charge in [0.25, 0.3) is 11.1 Å². The summed E-state index contributed by atoms with van der Waals surface area (Å²) >= 11 is 6.90. The average Bonchev–Trinajstić information content (AvgIpc) is 3.32. The average molecular weight is 673 g/mol. The minimum atomic E-state index is -0.618. The van der Waals surface area contributed by atoms with Crippen LogP contribution >= 0.6 is 23.4 Å². The van der Waals surface area contributed by atoms with Crippen molar-refractivity contribution >= 4 is 68.9 Å². The summed E-state index contributed by atoms with van der Waals surface area (Å²) in [4.78, 5) is 52.1. The molecule has 47 heavy (non-hydrogen) atoms. The number of carbonyl (C=O) groups excluding carboxylic acids is 4. The van der Waals surface area contributed by atoms with E-state index in [0.717, 1.165) is 39.4 Å². The first-order valence-corrected chi connectivity index (χ1v) is 16.3. The number of thioether (sulfide) groups is 1. The number of nitrogens with one attached hydrogen (secondary N) is 1. The van der Waals surface area contributed by atoms with Gasteiger partial charge in [-0.15, -0.1) is 0 Å². The van der Waals surface area contributed by atoms with Gasteiger partial charge in [0.1, 0.15) is 13.2 Å². The first-order valence-electron chi connectivity index (χ1n) is 15.1. The maximum absolute atomic E-state index is 13.2. The van der Waals surface area contributed by atoms with Crippen LogP contribution in [0.1, 0.15) is 48.2 Å². The Morgan fingerprint density at radius 3 is 2.51 bits per heavy atom. The molecule has 4 aromatic carbocycles. The number of hydrogen-bond acceptors (Lipinski definition) is 8. The molecule has 0 bridgehead atoms. The molecule has 242 valence electrons. The molecule has 5 rings (SSSR count). The number of nitrogens with zero attached hydrogens (tertiary/aromatic N) is 1. The van der Waals surface area contributed by atoms with Crippen molar-refractivity contribution in [2.24, 2.45) is 0 Å². The first-order chi connectivity index (χ1) is 22.7. The lowest BCUT2D eigenvalue weighted by Crippen LogP contribution is -2.36. The lowest BCUT2D eigenvalue weighted by atomic mass is 10.1. The molecular weight excluding hydrogens is 640 g/mol. The quantitative estimate of drug-likeness (QED) is 0.0862. The molecule has 0 aromatic heterocycles. The molecule has 1 fully saturated rings. The first kappa shape index (κ1) is 33.6. The van der Waals surface area contributed by atoms with Gasteiger partial charge in [-0.05, 0) is 89.5 Å². The van der Waals surface area contributed by atoms with Crippen LogP contribution in [0.15, 0.2) is 83.8 Å². The molecule has 0 saturated carbocycles. The van der Waals surface area contributed by atoms with E-state index in [1.807, 2.05) is 32.0 Å². The SMILES string of the molecule is CCCCOC(=O)c1cc(NC(=O)CN2C(=O)S/C(=C/c3ccc(OCc4ccc5ccccc5c4)c(OCC)c3)C2=O)ccc1Cl. The van der Waals surface area contributed by atoms with Crippen LogP contribution < -0.4 is 14.8 Å². The summed E-state index contributed by atoms with van der Waals surface area (Å²) in [5.41, 5.74) is 2.01. The zero-order valence-corrected chi connectivity index (χ0v) is 27.5. The van der Waals surface area contributed by atoms with Crippen LogP contribution in [0.25, 0.3) is 16.8 Å². The zero-order valence-electron chi connectivity index (χ0n) is 25.9. The number of anilines is 1. The molecule has 4 aromatic rings. The van der Waals surface area contributed by atoms with Crippen molar-refractivity contribution < 1.29 is 33.4 Å². The van der Waals surface area contributed by atoms with Crippen molar-refractivity contribution in [2.45, 2.75) is 33.3 Å². The fraction of sp³-hybridized carbons (Fsp3) is 0.222. The summed E-state index contributed by atoms with van der Waals surface area (Å²) in [6.45, 7) is 4.32. The molecule has 0 radical (unpaired) electrons. The minimum Gasteiger partial charge on any atom is -0.490 e. The number of carbonyl (C=O) groups is 4. The van der Waals surface area contributed by atoms with E-state index in [1.54, 1.807) is 24.3 Å². The Hall–Kier alpha value is -4.80. The van der Waals surface area contributed by atoms with Gasteiger partial charge in [0.05, 0.1) is 28.7 Å². The van der Waals surface area contributed by atoms with E-state index in [4.69, 9.17) is 25.8 Å². The third-order valence-corrected chi connectivity index (χ3v) is 8.39. The summed E-state index contributed by atoms with van der Waals surface area (Å²) in [6.07, 6.45) is 3.16.